The summed E-state index contributed by atoms with van der Waals surface area (Å²) in [7, 11) is 0. The third kappa shape index (κ3) is 2.72. The van der Waals surface area contributed by atoms with Crippen LogP contribution in [0.3, 0.4) is 0 Å². The number of hydrogen-bond donors (Lipinski definition) is 1. The molecule has 1 aromatic heterocycles. The van der Waals surface area contributed by atoms with E-state index < -0.39 is 10.9 Å². The van der Waals surface area contributed by atoms with Gasteiger partial charge in [0.2, 0.25) is 11.6 Å². The first-order chi connectivity index (χ1) is 9.49. The minimum Gasteiger partial charge on any atom is -0.477 e. The number of pyridine rings is 1. The van der Waals surface area contributed by atoms with Crippen molar-refractivity contribution < 1.29 is 19.6 Å². The number of nitro groups is 1. The Labute approximate surface area is 113 Å². The summed E-state index contributed by atoms with van der Waals surface area (Å²) in [6, 6.07) is 8.82. The van der Waals surface area contributed by atoms with Gasteiger partial charge in [-0.25, -0.2) is 9.78 Å². The quantitative estimate of drug-likeness (QED) is 0.679. The zero-order valence-electron chi connectivity index (χ0n) is 10.4. The molecule has 0 bridgehead atoms. The Balaban J connectivity index is 2.40. The second kappa shape index (κ2) is 5.35. The van der Waals surface area contributed by atoms with E-state index in [1.54, 1.807) is 19.1 Å². The number of aromatic carboxylic acids is 1. The molecule has 0 radical (unpaired) electrons. The molecule has 0 amide bonds. The first kappa shape index (κ1) is 13.5. The predicted molar refractivity (Wildman–Crippen MR) is 69.1 cm³/mol. The summed E-state index contributed by atoms with van der Waals surface area (Å²) in [5.74, 6) is -1.20. The number of aromatic nitrogens is 1. The summed E-state index contributed by atoms with van der Waals surface area (Å²) >= 11 is 0. The molecule has 0 unspecified atom stereocenters. The maximum Gasteiger partial charge on any atom is 0.354 e. The molecule has 102 valence electrons. The molecule has 0 spiro atoms. The van der Waals surface area contributed by atoms with E-state index in [2.05, 4.69) is 4.98 Å². The van der Waals surface area contributed by atoms with Crippen LogP contribution in [-0.2, 0) is 0 Å². The highest BCUT2D eigenvalue weighted by molar-refractivity contribution is 5.85. The third-order valence-corrected chi connectivity index (χ3v) is 2.54. The minimum atomic E-state index is -1.20. The van der Waals surface area contributed by atoms with Gasteiger partial charge in [0.15, 0.2) is 5.69 Å². The highest BCUT2D eigenvalue weighted by atomic mass is 16.6. The average molecular weight is 274 g/mol. The van der Waals surface area contributed by atoms with Gasteiger partial charge in [-0.05, 0) is 19.1 Å². The van der Waals surface area contributed by atoms with Gasteiger partial charge in [-0.1, -0.05) is 18.2 Å². The Morgan fingerprint density at radius 2 is 2.00 bits per heavy atom. The summed E-state index contributed by atoms with van der Waals surface area (Å²) in [4.78, 5) is 25.0. The topological polar surface area (TPSA) is 103 Å². The van der Waals surface area contributed by atoms with E-state index in [0.717, 1.165) is 0 Å². The number of nitro benzene ring substituents is 1. The summed E-state index contributed by atoms with van der Waals surface area (Å²) in [6.45, 7) is 1.59. The van der Waals surface area contributed by atoms with Crippen molar-refractivity contribution in [1.82, 2.24) is 4.98 Å². The number of carbonyl (C=O) groups is 1. The fraction of sp³-hybridized carbons (Fsp3) is 0.0769. The van der Waals surface area contributed by atoms with Gasteiger partial charge in [-0.15, -0.1) is 0 Å². The maximum atomic E-state index is 11.0. The average Bonchev–Trinajstić information content (AvgIpc) is 2.38. The Hall–Kier alpha value is -2.96. The highest BCUT2D eigenvalue weighted by Gasteiger charge is 2.19. The van der Waals surface area contributed by atoms with E-state index in [1.165, 1.54) is 24.3 Å². The standard InChI is InChI=1S/C13H10N2O5/c1-8-4-2-6-10(12(8)15(18)19)20-11-7-3-5-9(14-11)13(16)17/h2-7H,1H3,(H,16,17). The monoisotopic (exact) mass is 274 g/mol. The first-order valence-electron chi connectivity index (χ1n) is 5.61. The molecule has 20 heavy (non-hydrogen) atoms. The Kier molecular flexibility index (Phi) is 3.60. The third-order valence-electron chi connectivity index (χ3n) is 2.54. The molecule has 0 aliphatic rings. The molecule has 0 saturated carbocycles. The molecule has 7 heteroatoms. The van der Waals surface area contributed by atoms with E-state index in [1.807, 2.05) is 0 Å². The number of hydrogen-bond acceptors (Lipinski definition) is 5. The molecule has 1 aromatic carbocycles. The number of aryl methyl sites for hydroxylation is 1. The smallest absolute Gasteiger partial charge is 0.354 e. The molecule has 0 aliphatic carbocycles. The van der Waals surface area contributed by atoms with E-state index in [0.29, 0.717) is 5.56 Å². The van der Waals surface area contributed by atoms with Crippen LogP contribution in [0.1, 0.15) is 16.1 Å². The fourth-order valence-electron chi connectivity index (χ4n) is 1.65. The number of nitrogens with zero attached hydrogens (tertiary/aromatic N) is 2. The van der Waals surface area contributed by atoms with Crippen LogP contribution in [0.2, 0.25) is 0 Å². The van der Waals surface area contributed by atoms with Crippen molar-refractivity contribution in [1.29, 1.82) is 0 Å². The zero-order chi connectivity index (χ0) is 14.7. The number of carboxylic acids is 1. The summed E-state index contributed by atoms with van der Waals surface area (Å²) in [6.07, 6.45) is 0. The van der Waals surface area contributed by atoms with Crippen molar-refractivity contribution in [3.8, 4) is 11.6 Å². The van der Waals surface area contributed by atoms with Crippen LogP contribution >= 0.6 is 0 Å². The van der Waals surface area contributed by atoms with Crippen molar-refractivity contribution in [3.63, 3.8) is 0 Å². The lowest BCUT2D eigenvalue weighted by atomic mass is 10.2. The number of ether oxygens (including phenoxy) is 1. The summed E-state index contributed by atoms with van der Waals surface area (Å²) in [5.41, 5.74) is 0.0784. The van der Waals surface area contributed by atoms with Crippen LogP contribution in [0, 0.1) is 17.0 Å². The molecule has 1 N–H and O–H groups in total. The van der Waals surface area contributed by atoms with Crippen LogP contribution < -0.4 is 4.74 Å². The van der Waals surface area contributed by atoms with Crippen molar-refractivity contribution >= 4 is 11.7 Å². The lowest BCUT2D eigenvalue weighted by Crippen LogP contribution is -2.02. The second-order valence-electron chi connectivity index (χ2n) is 3.95. The van der Waals surface area contributed by atoms with Crippen LogP contribution in [0.5, 0.6) is 11.6 Å². The fourth-order valence-corrected chi connectivity index (χ4v) is 1.65. The lowest BCUT2D eigenvalue weighted by Gasteiger charge is -2.07. The van der Waals surface area contributed by atoms with Gasteiger partial charge in [-0.2, -0.15) is 0 Å². The van der Waals surface area contributed by atoms with Crippen LogP contribution in [-0.4, -0.2) is 21.0 Å². The van der Waals surface area contributed by atoms with Gasteiger partial charge in [0.1, 0.15) is 0 Å². The van der Waals surface area contributed by atoms with Gasteiger partial charge < -0.3 is 9.84 Å². The van der Waals surface area contributed by atoms with Gasteiger partial charge in [0, 0.05) is 11.6 Å². The van der Waals surface area contributed by atoms with Gasteiger partial charge in [0.05, 0.1) is 4.92 Å². The van der Waals surface area contributed by atoms with Crippen molar-refractivity contribution in [3.05, 3.63) is 57.8 Å². The Morgan fingerprint density at radius 3 is 2.65 bits per heavy atom. The number of para-hydroxylation sites is 1. The largest absolute Gasteiger partial charge is 0.477 e. The maximum absolute atomic E-state index is 11.0. The van der Waals surface area contributed by atoms with E-state index in [9.17, 15) is 14.9 Å². The van der Waals surface area contributed by atoms with Crippen LogP contribution in [0.15, 0.2) is 36.4 Å². The predicted octanol–water partition coefficient (Wildman–Crippen LogP) is 2.79. The number of carboxylic acid groups (broad SMARTS) is 1. The van der Waals surface area contributed by atoms with Gasteiger partial charge in [-0.3, -0.25) is 10.1 Å². The Morgan fingerprint density at radius 1 is 1.30 bits per heavy atom. The Bertz CT molecular complexity index is 684. The molecule has 7 nitrogen and oxygen atoms in total. The van der Waals surface area contributed by atoms with Crippen molar-refractivity contribution in [2.24, 2.45) is 0 Å². The van der Waals surface area contributed by atoms with E-state index in [4.69, 9.17) is 9.84 Å². The molecule has 0 saturated heterocycles. The molecule has 1 heterocycles. The van der Waals surface area contributed by atoms with Gasteiger partial charge in [0.25, 0.3) is 0 Å². The zero-order valence-corrected chi connectivity index (χ0v) is 10.4. The molecule has 2 rings (SSSR count). The molecule has 0 atom stereocenters. The van der Waals surface area contributed by atoms with Crippen molar-refractivity contribution in [2.45, 2.75) is 6.92 Å². The number of benzene rings is 1. The van der Waals surface area contributed by atoms with Crippen molar-refractivity contribution in [2.75, 3.05) is 0 Å². The summed E-state index contributed by atoms with van der Waals surface area (Å²) < 4.78 is 5.33. The molecular weight excluding hydrogens is 264 g/mol. The second-order valence-corrected chi connectivity index (χ2v) is 3.95. The minimum absolute atomic E-state index is 0.0152. The van der Waals surface area contributed by atoms with Crippen LogP contribution in [0.4, 0.5) is 5.69 Å². The highest BCUT2D eigenvalue weighted by Crippen LogP contribution is 2.33. The van der Waals surface area contributed by atoms with Crippen LogP contribution in [0.25, 0.3) is 0 Å². The molecule has 2 aromatic rings. The van der Waals surface area contributed by atoms with E-state index in [-0.39, 0.29) is 23.0 Å². The molecule has 0 aliphatic heterocycles. The van der Waals surface area contributed by atoms with E-state index >= 15 is 0 Å². The lowest BCUT2D eigenvalue weighted by molar-refractivity contribution is -0.386. The number of rotatable bonds is 4. The molecular formula is C13H10N2O5. The SMILES string of the molecule is Cc1cccc(Oc2cccc(C(=O)O)n2)c1[N+](=O)[O-]. The van der Waals surface area contributed by atoms with Gasteiger partial charge >= 0.3 is 11.7 Å². The first-order valence-corrected chi connectivity index (χ1v) is 5.61. The molecule has 0 fully saturated rings. The summed E-state index contributed by atoms with van der Waals surface area (Å²) in [5, 5.41) is 19.9. The normalized spacial score (nSPS) is 10.1.